The van der Waals surface area contributed by atoms with E-state index >= 15 is 0 Å². The van der Waals surface area contributed by atoms with Crippen molar-refractivity contribution < 1.29 is 23.4 Å². The number of rotatable bonds is 7. The van der Waals surface area contributed by atoms with Gasteiger partial charge in [0.25, 0.3) is 5.91 Å². The van der Waals surface area contributed by atoms with Gasteiger partial charge in [-0.15, -0.1) is 0 Å². The van der Waals surface area contributed by atoms with Crippen molar-refractivity contribution in [2.75, 3.05) is 26.6 Å². The zero-order valence-corrected chi connectivity index (χ0v) is 19.3. The van der Waals surface area contributed by atoms with Crippen molar-refractivity contribution in [3.05, 3.63) is 83.8 Å². The molecule has 0 fully saturated rings. The van der Waals surface area contributed by atoms with E-state index in [2.05, 4.69) is 10.4 Å². The second kappa shape index (κ2) is 9.66. The fourth-order valence-electron chi connectivity index (χ4n) is 3.62. The summed E-state index contributed by atoms with van der Waals surface area (Å²) in [5.74, 6) is 0.526. The van der Waals surface area contributed by atoms with Crippen LogP contribution in [0.25, 0.3) is 16.9 Å². The number of benzene rings is 3. The molecule has 1 amide bonds. The molecule has 0 saturated heterocycles. The Balaban J connectivity index is 1.77. The molecule has 0 saturated carbocycles. The summed E-state index contributed by atoms with van der Waals surface area (Å²) >= 11 is 0. The fourth-order valence-corrected chi connectivity index (χ4v) is 3.62. The van der Waals surface area contributed by atoms with E-state index in [-0.39, 0.29) is 11.7 Å². The monoisotopic (exact) mass is 461 g/mol. The Hall–Kier alpha value is -4.33. The van der Waals surface area contributed by atoms with Crippen molar-refractivity contribution in [2.45, 2.75) is 6.92 Å². The molecule has 1 aromatic heterocycles. The highest BCUT2D eigenvalue weighted by atomic mass is 19.1. The average molecular weight is 461 g/mol. The van der Waals surface area contributed by atoms with Gasteiger partial charge in [-0.1, -0.05) is 23.8 Å². The van der Waals surface area contributed by atoms with Gasteiger partial charge in [0.15, 0.2) is 11.5 Å². The minimum atomic E-state index is -0.376. The molecule has 7 nitrogen and oxygen atoms in total. The molecular formula is C26H24FN3O4. The minimum absolute atomic E-state index is 0.351. The predicted molar refractivity (Wildman–Crippen MR) is 128 cm³/mol. The molecule has 0 radical (unpaired) electrons. The molecule has 3 aromatic carbocycles. The van der Waals surface area contributed by atoms with E-state index in [4.69, 9.17) is 14.2 Å². The number of aromatic nitrogens is 2. The van der Waals surface area contributed by atoms with E-state index in [0.29, 0.717) is 39.9 Å². The topological polar surface area (TPSA) is 74.6 Å². The maximum Gasteiger partial charge on any atom is 0.259 e. The van der Waals surface area contributed by atoms with Crippen molar-refractivity contribution in [1.82, 2.24) is 9.78 Å². The van der Waals surface area contributed by atoms with Crippen molar-refractivity contribution in [3.8, 4) is 34.2 Å². The number of halogens is 1. The number of ether oxygens (including phenoxy) is 3. The van der Waals surface area contributed by atoms with Gasteiger partial charge in [-0.05, 0) is 37.3 Å². The van der Waals surface area contributed by atoms with E-state index in [0.717, 1.165) is 11.1 Å². The van der Waals surface area contributed by atoms with Crippen LogP contribution in [0.4, 0.5) is 10.1 Å². The fraction of sp³-hybridized carbons (Fsp3) is 0.154. The third-order valence-corrected chi connectivity index (χ3v) is 5.26. The lowest BCUT2D eigenvalue weighted by atomic mass is 10.1. The molecule has 34 heavy (non-hydrogen) atoms. The van der Waals surface area contributed by atoms with Crippen LogP contribution in [-0.4, -0.2) is 37.0 Å². The zero-order valence-electron chi connectivity index (χ0n) is 19.3. The first-order valence-electron chi connectivity index (χ1n) is 10.5. The molecule has 174 valence electrons. The van der Waals surface area contributed by atoms with Crippen LogP contribution in [0.3, 0.4) is 0 Å². The van der Waals surface area contributed by atoms with Crippen LogP contribution in [0.15, 0.2) is 66.9 Å². The molecule has 0 aliphatic carbocycles. The minimum Gasteiger partial charge on any atom is -0.493 e. The number of amides is 1. The third kappa shape index (κ3) is 4.56. The Labute approximate surface area is 196 Å². The molecule has 1 N–H and O–H groups in total. The Bertz CT molecular complexity index is 1310. The quantitative estimate of drug-likeness (QED) is 0.406. The van der Waals surface area contributed by atoms with Crippen LogP contribution in [0.1, 0.15) is 15.9 Å². The Morgan fingerprint density at radius 1 is 0.941 bits per heavy atom. The molecule has 0 aliphatic rings. The summed E-state index contributed by atoms with van der Waals surface area (Å²) in [5.41, 5.74) is 3.76. The molecule has 1 heterocycles. The molecule has 0 aliphatic heterocycles. The molecule has 0 atom stereocenters. The Morgan fingerprint density at radius 3 is 2.21 bits per heavy atom. The average Bonchev–Trinajstić information content (AvgIpc) is 3.29. The van der Waals surface area contributed by atoms with E-state index in [1.54, 1.807) is 35.1 Å². The number of nitrogens with zero attached hydrogens (tertiary/aromatic N) is 2. The summed E-state index contributed by atoms with van der Waals surface area (Å²) in [7, 11) is 4.52. The standard InChI is InChI=1S/C26H24FN3O4/c1-16-6-5-7-17(12-16)24-21(15-30(29-24)20-10-8-18(27)9-11-20)26(31)28-19-13-22(32-2)25(34-4)23(14-19)33-3/h5-15H,1-4H3,(H,28,31). The molecule has 8 heteroatoms. The van der Waals surface area contributed by atoms with Crippen molar-refractivity contribution >= 4 is 11.6 Å². The van der Waals surface area contributed by atoms with Crippen LogP contribution in [0.5, 0.6) is 17.2 Å². The number of nitrogens with one attached hydrogen (secondary N) is 1. The molecule has 0 unspecified atom stereocenters. The molecule has 4 aromatic rings. The lowest BCUT2D eigenvalue weighted by Gasteiger charge is -2.14. The summed E-state index contributed by atoms with van der Waals surface area (Å²) in [6.45, 7) is 1.97. The number of carbonyl (C=O) groups is 1. The summed E-state index contributed by atoms with van der Waals surface area (Å²) in [4.78, 5) is 13.4. The molecule has 0 spiro atoms. The summed E-state index contributed by atoms with van der Waals surface area (Å²) in [6.07, 6.45) is 1.62. The maximum atomic E-state index is 13.4. The van der Waals surface area contributed by atoms with Crippen LogP contribution in [0.2, 0.25) is 0 Å². The highest BCUT2D eigenvalue weighted by Gasteiger charge is 2.21. The first kappa shape index (κ1) is 22.8. The van der Waals surface area contributed by atoms with Crippen molar-refractivity contribution in [1.29, 1.82) is 0 Å². The van der Waals surface area contributed by atoms with Crippen LogP contribution >= 0.6 is 0 Å². The van der Waals surface area contributed by atoms with E-state index in [1.807, 2.05) is 31.2 Å². The number of aryl methyl sites for hydroxylation is 1. The van der Waals surface area contributed by atoms with Gasteiger partial charge in [-0.25, -0.2) is 9.07 Å². The molecule has 4 rings (SSSR count). The van der Waals surface area contributed by atoms with Crippen molar-refractivity contribution in [2.24, 2.45) is 0 Å². The molecular weight excluding hydrogens is 437 g/mol. The zero-order chi connectivity index (χ0) is 24.2. The lowest BCUT2D eigenvalue weighted by Crippen LogP contribution is -2.12. The van der Waals surface area contributed by atoms with Crippen LogP contribution in [-0.2, 0) is 0 Å². The Kier molecular flexibility index (Phi) is 6.49. The van der Waals surface area contributed by atoms with Gasteiger partial charge in [0, 0.05) is 29.6 Å². The first-order chi connectivity index (χ1) is 16.4. The number of anilines is 1. The van der Waals surface area contributed by atoms with E-state index in [1.165, 1.54) is 33.5 Å². The van der Waals surface area contributed by atoms with Crippen molar-refractivity contribution in [3.63, 3.8) is 0 Å². The number of carbonyl (C=O) groups excluding carboxylic acids is 1. The maximum absolute atomic E-state index is 13.4. The third-order valence-electron chi connectivity index (χ3n) is 5.26. The number of methoxy groups -OCH3 is 3. The smallest absolute Gasteiger partial charge is 0.259 e. The van der Waals surface area contributed by atoms with Gasteiger partial charge < -0.3 is 19.5 Å². The van der Waals surface area contributed by atoms with Crippen LogP contribution < -0.4 is 19.5 Å². The highest BCUT2D eigenvalue weighted by Crippen LogP contribution is 2.40. The Morgan fingerprint density at radius 2 is 1.62 bits per heavy atom. The highest BCUT2D eigenvalue weighted by molar-refractivity contribution is 6.08. The number of hydrogen-bond donors (Lipinski definition) is 1. The molecule has 0 bridgehead atoms. The van der Waals surface area contributed by atoms with Gasteiger partial charge in [0.05, 0.1) is 32.6 Å². The summed E-state index contributed by atoms with van der Waals surface area (Å²) < 4.78 is 31.1. The van der Waals surface area contributed by atoms with Gasteiger partial charge in [-0.2, -0.15) is 5.10 Å². The van der Waals surface area contributed by atoms with Gasteiger partial charge >= 0.3 is 0 Å². The second-order valence-electron chi connectivity index (χ2n) is 7.55. The van der Waals surface area contributed by atoms with E-state index < -0.39 is 0 Å². The van der Waals surface area contributed by atoms with Crippen LogP contribution in [0, 0.1) is 12.7 Å². The SMILES string of the molecule is COc1cc(NC(=O)c2cn(-c3ccc(F)cc3)nc2-c2cccc(C)c2)cc(OC)c1OC. The van der Waals surface area contributed by atoms with Gasteiger partial charge in [-0.3, -0.25) is 4.79 Å². The summed E-state index contributed by atoms with van der Waals surface area (Å²) in [6, 6.07) is 16.9. The van der Waals surface area contributed by atoms with Gasteiger partial charge in [0.1, 0.15) is 11.5 Å². The first-order valence-corrected chi connectivity index (χ1v) is 10.5. The second-order valence-corrected chi connectivity index (χ2v) is 7.55. The predicted octanol–water partition coefficient (Wildman–Crippen LogP) is 5.26. The van der Waals surface area contributed by atoms with E-state index in [9.17, 15) is 9.18 Å². The number of hydrogen-bond acceptors (Lipinski definition) is 5. The largest absolute Gasteiger partial charge is 0.493 e. The summed E-state index contributed by atoms with van der Waals surface area (Å²) in [5, 5.41) is 7.53. The normalized spacial score (nSPS) is 10.6. The lowest BCUT2D eigenvalue weighted by molar-refractivity contribution is 0.102. The van der Waals surface area contributed by atoms with Gasteiger partial charge in [0.2, 0.25) is 5.75 Å².